The van der Waals surface area contributed by atoms with E-state index < -0.39 is 0 Å². The average Bonchev–Trinajstić information content (AvgIpc) is 2.90. The van der Waals surface area contributed by atoms with Crippen molar-refractivity contribution in [3.8, 4) is 0 Å². The van der Waals surface area contributed by atoms with E-state index in [9.17, 15) is 4.79 Å². The van der Waals surface area contributed by atoms with Crippen molar-refractivity contribution in [3.63, 3.8) is 0 Å². The molecule has 1 aromatic carbocycles. The molecular formula is C16H21N3O2. The number of amides is 2. The second kappa shape index (κ2) is 8.09. The lowest BCUT2D eigenvalue weighted by Crippen LogP contribution is -2.37. The average molecular weight is 287 g/mol. The Morgan fingerprint density at radius 3 is 2.62 bits per heavy atom. The highest BCUT2D eigenvalue weighted by molar-refractivity contribution is 5.73. The van der Waals surface area contributed by atoms with Gasteiger partial charge < -0.3 is 15.2 Å². The van der Waals surface area contributed by atoms with Crippen LogP contribution in [0.2, 0.25) is 0 Å². The van der Waals surface area contributed by atoms with Crippen LogP contribution >= 0.6 is 0 Å². The Labute approximate surface area is 124 Å². The lowest BCUT2D eigenvalue weighted by molar-refractivity contribution is 0.240. The third kappa shape index (κ3) is 5.69. The monoisotopic (exact) mass is 287 g/mol. The van der Waals surface area contributed by atoms with Crippen LogP contribution in [-0.4, -0.2) is 24.3 Å². The molecular weight excluding hydrogens is 266 g/mol. The van der Waals surface area contributed by atoms with Gasteiger partial charge in [0.2, 0.25) is 0 Å². The van der Waals surface area contributed by atoms with Crippen LogP contribution in [0.1, 0.15) is 23.4 Å². The van der Waals surface area contributed by atoms with Crippen molar-refractivity contribution in [2.75, 3.05) is 13.1 Å². The summed E-state index contributed by atoms with van der Waals surface area (Å²) in [4.78, 5) is 11.6. The maximum absolute atomic E-state index is 11.6. The number of rotatable bonds is 7. The first-order valence-electron chi connectivity index (χ1n) is 7.22. The summed E-state index contributed by atoms with van der Waals surface area (Å²) in [6.45, 7) is 3.15. The van der Waals surface area contributed by atoms with Crippen LogP contribution in [-0.2, 0) is 12.8 Å². The van der Waals surface area contributed by atoms with Gasteiger partial charge in [0.1, 0.15) is 5.76 Å². The lowest BCUT2D eigenvalue weighted by atomic mass is 10.1. The highest BCUT2D eigenvalue weighted by Crippen LogP contribution is 2.04. The maximum Gasteiger partial charge on any atom is 0.314 e. The van der Waals surface area contributed by atoms with Crippen LogP contribution in [0, 0.1) is 6.92 Å². The fourth-order valence-electron chi connectivity index (χ4n) is 2.03. The number of aromatic nitrogens is 1. The summed E-state index contributed by atoms with van der Waals surface area (Å²) in [6, 6.07) is 11.9. The number of urea groups is 1. The van der Waals surface area contributed by atoms with Crippen LogP contribution < -0.4 is 10.6 Å². The van der Waals surface area contributed by atoms with Gasteiger partial charge in [-0.1, -0.05) is 35.5 Å². The summed E-state index contributed by atoms with van der Waals surface area (Å²) in [6.07, 6.45) is 2.46. The Hall–Kier alpha value is -2.30. The molecule has 0 atom stereocenters. The van der Waals surface area contributed by atoms with Crippen molar-refractivity contribution in [1.82, 2.24) is 15.8 Å². The van der Waals surface area contributed by atoms with E-state index in [2.05, 4.69) is 27.9 Å². The minimum Gasteiger partial charge on any atom is -0.361 e. The quantitative estimate of drug-likeness (QED) is 0.769. The third-order valence-corrected chi connectivity index (χ3v) is 3.10. The largest absolute Gasteiger partial charge is 0.361 e. The van der Waals surface area contributed by atoms with Gasteiger partial charge in [-0.05, 0) is 25.3 Å². The number of hydrogen-bond acceptors (Lipinski definition) is 3. The van der Waals surface area contributed by atoms with Gasteiger partial charge in [0, 0.05) is 25.6 Å². The number of hydrogen-bond donors (Lipinski definition) is 2. The molecule has 5 heteroatoms. The zero-order chi connectivity index (χ0) is 14.9. The van der Waals surface area contributed by atoms with Gasteiger partial charge in [-0.3, -0.25) is 0 Å². The standard InChI is InChI=1S/C16H21N3O2/c1-13-12-15(21-19-13)8-5-10-17-16(20)18-11-9-14-6-3-2-4-7-14/h2-4,6-7,12H,5,8-11H2,1H3,(H2,17,18,20). The SMILES string of the molecule is Cc1cc(CCCNC(=O)NCCc2ccccc2)on1. The van der Waals surface area contributed by atoms with Crippen LogP contribution in [0.25, 0.3) is 0 Å². The highest BCUT2D eigenvalue weighted by Gasteiger charge is 2.02. The van der Waals surface area contributed by atoms with Crippen molar-refractivity contribution in [1.29, 1.82) is 0 Å². The first-order valence-corrected chi connectivity index (χ1v) is 7.22. The number of carbonyl (C=O) groups excluding carboxylic acids is 1. The molecule has 0 aliphatic heterocycles. The van der Waals surface area contributed by atoms with Crippen LogP contribution in [0.4, 0.5) is 4.79 Å². The number of benzene rings is 1. The molecule has 1 heterocycles. The number of nitrogens with one attached hydrogen (secondary N) is 2. The van der Waals surface area contributed by atoms with Gasteiger partial charge in [0.05, 0.1) is 5.69 Å². The molecule has 0 spiro atoms. The Balaban J connectivity index is 1.53. The van der Waals surface area contributed by atoms with E-state index in [1.54, 1.807) is 0 Å². The zero-order valence-electron chi connectivity index (χ0n) is 12.3. The summed E-state index contributed by atoms with van der Waals surface area (Å²) in [7, 11) is 0. The van der Waals surface area contributed by atoms with Gasteiger partial charge in [-0.15, -0.1) is 0 Å². The third-order valence-electron chi connectivity index (χ3n) is 3.10. The molecule has 0 fully saturated rings. The minimum atomic E-state index is -0.125. The molecule has 2 aromatic rings. The summed E-state index contributed by atoms with van der Waals surface area (Å²) >= 11 is 0. The molecule has 0 bridgehead atoms. The summed E-state index contributed by atoms with van der Waals surface area (Å²) in [5.41, 5.74) is 2.11. The molecule has 0 radical (unpaired) electrons. The van der Waals surface area contributed by atoms with Crippen molar-refractivity contribution in [3.05, 3.63) is 53.4 Å². The predicted molar refractivity (Wildman–Crippen MR) is 81.1 cm³/mol. The fourth-order valence-corrected chi connectivity index (χ4v) is 2.03. The summed E-state index contributed by atoms with van der Waals surface area (Å²) in [5, 5.41) is 9.51. The van der Waals surface area contributed by atoms with Crippen molar-refractivity contribution in [2.24, 2.45) is 0 Å². The van der Waals surface area contributed by atoms with Crippen LogP contribution in [0.15, 0.2) is 40.9 Å². The Morgan fingerprint density at radius 1 is 1.14 bits per heavy atom. The van der Waals surface area contributed by atoms with Crippen molar-refractivity contribution in [2.45, 2.75) is 26.2 Å². The van der Waals surface area contributed by atoms with Crippen molar-refractivity contribution < 1.29 is 9.32 Å². The molecule has 0 aliphatic rings. The second-order valence-corrected chi connectivity index (χ2v) is 4.96. The van der Waals surface area contributed by atoms with E-state index in [0.717, 1.165) is 30.7 Å². The summed E-state index contributed by atoms with van der Waals surface area (Å²) in [5.74, 6) is 0.860. The molecule has 2 rings (SSSR count). The first kappa shape index (κ1) is 15.1. The molecule has 21 heavy (non-hydrogen) atoms. The van der Waals surface area contributed by atoms with E-state index in [0.29, 0.717) is 13.1 Å². The van der Waals surface area contributed by atoms with Crippen molar-refractivity contribution >= 4 is 6.03 Å². The molecule has 5 nitrogen and oxygen atoms in total. The molecule has 0 aliphatic carbocycles. The number of aryl methyl sites for hydroxylation is 2. The maximum atomic E-state index is 11.6. The van der Waals surface area contributed by atoms with E-state index in [-0.39, 0.29) is 6.03 Å². The van der Waals surface area contributed by atoms with E-state index >= 15 is 0 Å². The summed E-state index contributed by atoms with van der Waals surface area (Å²) < 4.78 is 5.11. The molecule has 0 saturated carbocycles. The Kier molecular flexibility index (Phi) is 5.82. The zero-order valence-corrected chi connectivity index (χ0v) is 12.3. The van der Waals surface area contributed by atoms with Gasteiger partial charge >= 0.3 is 6.03 Å². The van der Waals surface area contributed by atoms with Gasteiger partial charge in [0.25, 0.3) is 0 Å². The van der Waals surface area contributed by atoms with Crippen LogP contribution in [0.3, 0.4) is 0 Å². The highest BCUT2D eigenvalue weighted by atomic mass is 16.5. The van der Waals surface area contributed by atoms with E-state index in [4.69, 9.17) is 4.52 Å². The molecule has 2 amide bonds. The lowest BCUT2D eigenvalue weighted by Gasteiger charge is -2.07. The molecule has 1 aromatic heterocycles. The minimum absolute atomic E-state index is 0.125. The number of nitrogens with zero attached hydrogens (tertiary/aromatic N) is 1. The topological polar surface area (TPSA) is 67.2 Å². The Bertz CT molecular complexity index is 552. The molecule has 2 N–H and O–H groups in total. The van der Waals surface area contributed by atoms with Gasteiger partial charge in [-0.2, -0.15) is 0 Å². The first-order chi connectivity index (χ1) is 10.2. The molecule has 0 saturated heterocycles. The van der Waals surface area contributed by atoms with E-state index in [1.165, 1.54) is 5.56 Å². The Morgan fingerprint density at radius 2 is 1.90 bits per heavy atom. The van der Waals surface area contributed by atoms with Gasteiger partial charge in [0.15, 0.2) is 0 Å². The predicted octanol–water partition coefficient (Wildman–Crippen LogP) is 2.46. The second-order valence-electron chi connectivity index (χ2n) is 4.96. The fraction of sp³-hybridized carbons (Fsp3) is 0.375. The smallest absolute Gasteiger partial charge is 0.314 e. The number of carbonyl (C=O) groups is 1. The van der Waals surface area contributed by atoms with Gasteiger partial charge in [-0.25, -0.2) is 4.79 Å². The van der Waals surface area contributed by atoms with Crippen LogP contribution in [0.5, 0.6) is 0 Å². The molecule has 0 unspecified atom stereocenters. The molecule has 112 valence electrons. The normalized spacial score (nSPS) is 10.3. The van der Waals surface area contributed by atoms with E-state index in [1.807, 2.05) is 31.2 Å².